The fraction of sp³-hybridized carbons (Fsp3) is 1.00. The van der Waals surface area contributed by atoms with E-state index in [9.17, 15) is 0 Å². The van der Waals surface area contributed by atoms with Crippen molar-refractivity contribution in [3.8, 4) is 0 Å². The Labute approximate surface area is 96.3 Å². The molecule has 0 aromatic carbocycles. The molecule has 6 unspecified atom stereocenters. The average molecular weight is 230 g/mol. The first kappa shape index (κ1) is 10.3. The first-order chi connectivity index (χ1) is 7.25. The standard InChI is InChI=1S/C11H20ClN3/c1-6-2-3-8-7(4-6)9-10(15-8)11(12)14-5-13-9/h6-11,13-15H,2-5H2,1H3. The first-order valence-corrected chi connectivity index (χ1v) is 6.56. The lowest BCUT2D eigenvalue weighted by molar-refractivity contribution is 0.218. The molecular weight excluding hydrogens is 210 g/mol. The molecule has 3 fully saturated rings. The number of nitrogens with one attached hydrogen (secondary N) is 3. The normalized spacial score (nSPS) is 54.8. The number of hydrogen-bond acceptors (Lipinski definition) is 3. The van der Waals surface area contributed by atoms with Crippen molar-refractivity contribution in [3.63, 3.8) is 0 Å². The molecule has 0 amide bonds. The van der Waals surface area contributed by atoms with Crippen LogP contribution >= 0.6 is 11.6 Å². The second-order valence-electron chi connectivity index (χ2n) is 5.39. The van der Waals surface area contributed by atoms with Gasteiger partial charge in [-0.15, -0.1) is 11.6 Å². The number of rotatable bonds is 0. The smallest absolute Gasteiger partial charge is 0.101 e. The van der Waals surface area contributed by atoms with Gasteiger partial charge >= 0.3 is 0 Å². The van der Waals surface area contributed by atoms with Crippen LogP contribution in [0, 0.1) is 11.8 Å². The highest BCUT2D eigenvalue weighted by Gasteiger charge is 2.48. The molecule has 15 heavy (non-hydrogen) atoms. The van der Waals surface area contributed by atoms with E-state index in [2.05, 4.69) is 22.9 Å². The van der Waals surface area contributed by atoms with Gasteiger partial charge in [-0.2, -0.15) is 0 Å². The maximum Gasteiger partial charge on any atom is 0.101 e. The van der Waals surface area contributed by atoms with Crippen molar-refractivity contribution in [1.82, 2.24) is 16.0 Å². The molecule has 6 atom stereocenters. The minimum Gasteiger partial charge on any atom is -0.307 e. The van der Waals surface area contributed by atoms with E-state index < -0.39 is 0 Å². The lowest BCUT2D eigenvalue weighted by atomic mass is 9.77. The van der Waals surface area contributed by atoms with E-state index in [0.717, 1.165) is 18.5 Å². The summed E-state index contributed by atoms with van der Waals surface area (Å²) in [5.41, 5.74) is 0.0946. The van der Waals surface area contributed by atoms with Gasteiger partial charge in [-0.1, -0.05) is 6.92 Å². The van der Waals surface area contributed by atoms with Crippen LogP contribution in [0.15, 0.2) is 0 Å². The van der Waals surface area contributed by atoms with Gasteiger partial charge in [-0.3, -0.25) is 10.6 Å². The zero-order chi connectivity index (χ0) is 10.4. The van der Waals surface area contributed by atoms with E-state index in [4.69, 9.17) is 11.6 Å². The Kier molecular flexibility index (Phi) is 2.67. The van der Waals surface area contributed by atoms with Gasteiger partial charge in [0, 0.05) is 18.8 Å². The predicted molar refractivity (Wildman–Crippen MR) is 61.8 cm³/mol. The van der Waals surface area contributed by atoms with Crippen LogP contribution in [-0.4, -0.2) is 30.3 Å². The highest BCUT2D eigenvalue weighted by atomic mass is 35.5. The van der Waals surface area contributed by atoms with Gasteiger partial charge in [0.05, 0.1) is 6.04 Å². The van der Waals surface area contributed by atoms with Crippen LogP contribution in [-0.2, 0) is 0 Å². The summed E-state index contributed by atoms with van der Waals surface area (Å²) in [6, 6.07) is 1.70. The van der Waals surface area contributed by atoms with Crippen molar-refractivity contribution in [2.75, 3.05) is 6.67 Å². The van der Waals surface area contributed by atoms with Crippen molar-refractivity contribution >= 4 is 11.6 Å². The molecule has 3 N–H and O–H groups in total. The molecular formula is C11H20ClN3. The van der Waals surface area contributed by atoms with Gasteiger partial charge < -0.3 is 5.32 Å². The molecule has 0 bridgehead atoms. The lowest BCUT2D eigenvalue weighted by Gasteiger charge is -2.36. The second-order valence-corrected chi connectivity index (χ2v) is 5.86. The Morgan fingerprint density at radius 3 is 2.87 bits per heavy atom. The summed E-state index contributed by atoms with van der Waals surface area (Å²) in [6.07, 6.45) is 4.05. The van der Waals surface area contributed by atoms with Crippen molar-refractivity contribution in [2.24, 2.45) is 11.8 Å². The molecule has 4 heteroatoms. The third-order valence-electron chi connectivity index (χ3n) is 4.37. The monoisotopic (exact) mass is 229 g/mol. The SMILES string of the molecule is CC1CCC2NC3C(Cl)NCNC3C2C1. The third kappa shape index (κ3) is 1.70. The molecule has 2 saturated heterocycles. The van der Waals surface area contributed by atoms with E-state index in [0.29, 0.717) is 18.1 Å². The molecule has 86 valence electrons. The van der Waals surface area contributed by atoms with E-state index in [1.165, 1.54) is 19.3 Å². The van der Waals surface area contributed by atoms with Gasteiger partial charge in [0.2, 0.25) is 0 Å². The van der Waals surface area contributed by atoms with Crippen LogP contribution in [0.1, 0.15) is 26.2 Å². The summed E-state index contributed by atoms with van der Waals surface area (Å²) in [7, 11) is 0. The van der Waals surface area contributed by atoms with E-state index in [-0.39, 0.29) is 5.50 Å². The molecule has 2 heterocycles. The quantitative estimate of drug-likeness (QED) is 0.426. The summed E-state index contributed by atoms with van der Waals surface area (Å²) in [4.78, 5) is 0. The fourth-order valence-electron chi connectivity index (χ4n) is 3.59. The second kappa shape index (κ2) is 3.88. The maximum atomic E-state index is 6.31. The highest BCUT2D eigenvalue weighted by Crippen LogP contribution is 2.38. The number of halogens is 1. The van der Waals surface area contributed by atoms with Crippen LogP contribution in [0.5, 0.6) is 0 Å². The lowest BCUT2D eigenvalue weighted by Crippen LogP contribution is -2.60. The van der Waals surface area contributed by atoms with Crippen LogP contribution in [0.2, 0.25) is 0 Å². The topological polar surface area (TPSA) is 36.1 Å². The van der Waals surface area contributed by atoms with Crippen LogP contribution < -0.4 is 16.0 Å². The molecule has 0 aromatic rings. The summed E-state index contributed by atoms with van der Waals surface area (Å²) >= 11 is 6.31. The Bertz CT molecular complexity index is 248. The van der Waals surface area contributed by atoms with Gasteiger partial charge in [0.1, 0.15) is 5.50 Å². The van der Waals surface area contributed by atoms with Crippen LogP contribution in [0.4, 0.5) is 0 Å². The van der Waals surface area contributed by atoms with Gasteiger partial charge in [0.15, 0.2) is 0 Å². The molecule has 3 nitrogen and oxygen atoms in total. The Balaban J connectivity index is 1.77. The van der Waals surface area contributed by atoms with E-state index in [1.54, 1.807) is 0 Å². The molecule has 3 rings (SSSR count). The van der Waals surface area contributed by atoms with Crippen LogP contribution in [0.3, 0.4) is 0 Å². The molecule has 0 spiro atoms. The maximum absolute atomic E-state index is 6.31. The Morgan fingerprint density at radius 1 is 1.13 bits per heavy atom. The minimum absolute atomic E-state index is 0.0946. The third-order valence-corrected chi connectivity index (χ3v) is 4.79. The number of hydrogen-bond donors (Lipinski definition) is 3. The van der Waals surface area contributed by atoms with Gasteiger partial charge in [-0.05, 0) is 31.1 Å². The zero-order valence-corrected chi connectivity index (χ0v) is 9.93. The molecule has 1 aliphatic carbocycles. The van der Waals surface area contributed by atoms with Crippen molar-refractivity contribution < 1.29 is 0 Å². The summed E-state index contributed by atoms with van der Waals surface area (Å²) in [5, 5.41) is 10.5. The summed E-state index contributed by atoms with van der Waals surface area (Å²) in [6.45, 7) is 3.23. The van der Waals surface area contributed by atoms with Gasteiger partial charge in [-0.25, -0.2) is 0 Å². The number of alkyl halides is 1. The molecule has 1 saturated carbocycles. The molecule has 2 aliphatic heterocycles. The zero-order valence-electron chi connectivity index (χ0n) is 9.17. The Hall–Kier alpha value is 0.170. The van der Waals surface area contributed by atoms with Crippen molar-refractivity contribution in [1.29, 1.82) is 0 Å². The van der Waals surface area contributed by atoms with Gasteiger partial charge in [0.25, 0.3) is 0 Å². The fourth-order valence-corrected chi connectivity index (χ4v) is 3.90. The molecule has 0 aromatic heterocycles. The molecule has 0 radical (unpaired) electrons. The highest BCUT2D eigenvalue weighted by molar-refractivity contribution is 6.21. The minimum atomic E-state index is 0.0946. The first-order valence-electron chi connectivity index (χ1n) is 6.12. The predicted octanol–water partition coefficient (Wildman–Crippen LogP) is 0.847. The summed E-state index contributed by atoms with van der Waals surface area (Å²) < 4.78 is 0. The number of fused-ring (bicyclic) bond motifs is 3. The van der Waals surface area contributed by atoms with E-state index >= 15 is 0 Å². The van der Waals surface area contributed by atoms with Crippen molar-refractivity contribution in [2.45, 2.75) is 49.8 Å². The average Bonchev–Trinajstić information content (AvgIpc) is 2.58. The Morgan fingerprint density at radius 2 is 2.00 bits per heavy atom. The van der Waals surface area contributed by atoms with Crippen LogP contribution in [0.25, 0.3) is 0 Å². The largest absolute Gasteiger partial charge is 0.307 e. The van der Waals surface area contributed by atoms with Crippen molar-refractivity contribution in [3.05, 3.63) is 0 Å². The summed E-state index contributed by atoms with van der Waals surface area (Å²) in [5.74, 6) is 1.68. The molecule has 3 aliphatic rings. The van der Waals surface area contributed by atoms with E-state index in [1.807, 2.05) is 0 Å².